The largest absolute Gasteiger partial charge is 0.460 e. The normalized spacial score (nSPS) is 12.8. The maximum Gasteiger partial charge on any atom is 0.307 e. The molecule has 2 aromatic rings. The minimum absolute atomic E-state index is 0.0102. The molecule has 0 spiro atoms. The van der Waals surface area contributed by atoms with Gasteiger partial charge in [-0.1, -0.05) is 18.2 Å². The van der Waals surface area contributed by atoms with Crippen molar-refractivity contribution in [3.05, 3.63) is 60.2 Å². The van der Waals surface area contributed by atoms with Gasteiger partial charge in [-0.25, -0.2) is 5.48 Å². The lowest BCUT2D eigenvalue weighted by Crippen LogP contribution is -2.43. The van der Waals surface area contributed by atoms with E-state index in [0.717, 1.165) is 0 Å². The van der Waals surface area contributed by atoms with Crippen molar-refractivity contribution in [1.29, 1.82) is 0 Å². The number of hydrogen-bond acceptors (Lipinski definition) is 8. The first-order valence-electron chi connectivity index (χ1n) is 11.5. The molecule has 0 aromatic heterocycles. The molecule has 0 saturated heterocycles. The van der Waals surface area contributed by atoms with Crippen molar-refractivity contribution in [1.82, 2.24) is 10.8 Å². The van der Waals surface area contributed by atoms with E-state index in [2.05, 4.69) is 5.32 Å². The Morgan fingerprint density at radius 1 is 0.972 bits per heavy atom. The summed E-state index contributed by atoms with van der Waals surface area (Å²) in [4.78, 5) is 37.5. The maximum atomic E-state index is 12.9. The lowest BCUT2D eigenvalue weighted by Gasteiger charge is -2.25. The van der Waals surface area contributed by atoms with Crippen LogP contribution in [-0.2, 0) is 23.8 Å². The number of benzene rings is 2. The highest BCUT2D eigenvalue weighted by atomic mass is 16.7. The fourth-order valence-electron chi connectivity index (χ4n) is 3.31. The Bertz CT molecular complexity index is 974. The predicted octanol–water partition coefficient (Wildman–Crippen LogP) is 3.44. The fraction of sp³-hybridized carbons (Fsp3) is 0.423. The molecule has 2 amide bonds. The fourth-order valence-corrected chi connectivity index (χ4v) is 3.31. The number of ether oxygens (including phenoxy) is 4. The lowest BCUT2D eigenvalue weighted by molar-refractivity contribution is -0.158. The summed E-state index contributed by atoms with van der Waals surface area (Å²) in [6.45, 7) is 5.12. The third-order valence-electron chi connectivity index (χ3n) is 4.83. The highest BCUT2D eigenvalue weighted by Crippen LogP contribution is 2.22. The van der Waals surface area contributed by atoms with Gasteiger partial charge in [0.05, 0.1) is 25.0 Å². The molecule has 0 bridgehead atoms. The molecule has 0 aliphatic rings. The van der Waals surface area contributed by atoms with E-state index in [-0.39, 0.29) is 26.2 Å². The minimum Gasteiger partial charge on any atom is -0.460 e. The van der Waals surface area contributed by atoms with Crippen LogP contribution < -0.4 is 15.5 Å². The quantitative estimate of drug-likeness (QED) is 0.125. The summed E-state index contributed by atoms with van der Waals surface area (Å²) >= 11 is 0. The maximum absolute atomic E-state index is 12.9. The second-order valence-electron chi connectivity index (χ2n) is 9.09. The SMILES string of the molecule is COCOCC(CC(CC(=O)OC(C)(C)C)C(=O)NO)NC(=O)c1ccc(Oc2ccccc2)cc1. The number of nitrogens with one attached hydrogen (secondary N) is 2. The average molecular weight is 503 g/mol. The van der Waals surface area contributed by atoms with Crippen molar-refractivity contribution in [2.45, 2.75) is 45.3 Å². The molecule has 2 aromatic carbocycles. The number of amides is 2. The summed E-state index contributed by atoms with van der Waals surface area (Å²) in [5, 5.41) is 12.0. The Morgan fingerprint density at radius 3 is 2.19 bits per heavy atom. The van der Waals surface area contributed by atoms with Crippen LogP contribution >= 0.6 is 0 Å². The summed E-state index contributed by atoms with van der Waals surface area (Å²) in [5.74, 6) is -1.52. The average Bonchev–Trinajstić information content (AvgIpc) is 2.83. The molecule has 2 atom stereocenters. The van der Waals surface area contributed by atoms with E-state index >= 15 is 0 Å². The molecule has 196 valence electrons. The molecule has 2 unspecified atom stereocenters. The van der Waals surface area contributed by atoms with E-state index in [0.29, 0.717) is 17.1 Å². The Morgan fingerprint density at radius 2 is 1.61 bits per heavy atom. The third kappa shape index (κ3) is 10.4. The second-order valence-corrected chi connectivity index (χ2v) is 9.09. The molecular formula is C26H34N2O8. The Balaban J connectivity index is 2.08. The summed E-state index contributed by atoms with van der Waals surface area (Å²) in [5.41, 5.74) is 1.21. The molecule has 2 rings (SSSR count). The van der Waals surface area contributed by atoms with Gasteiger partial charge in [-0.3, -0.25) is 19.6 Å². The van der Waals surface area contributed by atoms with Gasteiger partial charge in [0, 0.05) is 12.7 Å². The Labute approximate surface area is 210 Å². The van der Waals surface area contributed by atoms with Crippen molar-refractivity contribution in [3.8, 4) is 11.5 Å². The molecule has 36 heavy (non-hydrogen) atoms. The van der Waals surface area contributed by atoms with Crippen molar-refractivity contribution in [2.75, 3.05) is 20.5 Å². The van der Waals surface area contributed by atoms with Crippen LogP contribution in [0.15, 0.2) is 54.6 Å². The summed E-state index contributed by atoms with van der Waals surface area (Å²) in [7, 11) is 1.46. The van der Waals surface area contributed by atoms with Crippen LogP contribution in [0.2, 0.25) is 0 Å². The first-order chi connectivity index (χ1) is 17.1. The van der Waals surface area contributed by atoms with Gasteiger partial charge in [-0.15, -0.1) is 0 Å². The highest BCUT2D eigenvalue weighted by Gasteiger charge is 2.29. The molecule has 10 heteroatoms. The van der Waals surface area contributed by atoms with Crippen molar-refractivity contribution >= 4 is 17.8 Å². The van der Waals surface area contributed by atoms with Gasteiger partial charge in [-0.05, 0) is 63.6 Å². The zero-order valence-electron chi connectivity index (χ0n) is 21.0. The van der Waals surface area contributed by atoms with Gasteiger partial charge in [0.1, 0.15) is 23.9 Å². The smallest absolute Gasteiger partial charge is 0.307 e. The van der Waals surface area contributed by atoms with Crippen LogP contribution in [0.4, 0.5) is 0 Å². The van der Waals surface area contributed by atoms with Crippen molar-refractivity contribution in [2.24, 2.45) is 5.92 Å². The van der Waals surface area contributed by atoms with Gasteiger partial charge >= 0.3 is 5.97 Å². The topological polar surface area (TPSA) is 132 Å². The first kappa shape index (κ1) is 28.8. The number of para-hydroxylation sites is 1. The molecule has 3 N–H and O–H groups in total. The van der Waals surface area contributed by atoms with Crippen molar-refractivity contribution in [3.63, 3.8) is 0 Å². The van der Waals surface area contributed by atoms with Crippen LogP contribution in [0.1, 0.15) is 44.0 Å². The number of hydrogen-bond donors (Lipinski definition) is 3. The molecule has 0 aliphatic heterocycles. The van der Waals surface area contributed by atoms with Crippen LogP contribution in [0.5, 0.6) is 11.5 Å². The molecular weight excluding hydrogens is 468 g/mol. The molecule has 0 radical (unpaired) electrons. The molecule has 0 aliphatic carbocycles. The van der Waals surface area contributed by atoms with Crippen LogP contribution in [0.3, 0.4) is 0 Å². The monoisotopic (exact) mass is 502 g/mol. The van der Waals surface area contributed by atoms with Crippen LogP contribution in [-0.4, -0.2) is 55.1 Å². The summed E-state index contributed by atoms with van der Waals surface area (Å²) in [6.07, 6.45) is -0.276. The molecule has 0 heterocycles. The molecule has 0 fully saturated rings. The predicted molar refractivity (Wildman–Crippen MR) is 131 cm³/mol. The Kier molecular flexibility index (Phi) is 11.3. The number of carbonyl (C=O) groups is 3. The number of hydroxylamine groups is 1. The van der Waals surface area contributed by atoms with Crippen LogP contribution in [0, 0.1) is 5.92 Å². The van der Waals surface area contributed by atoms with Gasteiger partial charge in [0.2, 0.25) is 5.91 Å². The van der Waals surface area contributed by atoms with Gasteiger partial charge < -0.3 is 24.3 Å². The Hall–Kier alpha value is -3.47. The van der Waals surface area contributed by atoms with E-state index in [9.17, 15) is 14.4 Å². The zero-order valence-corrected chi connectivity index (χ0v) is 21.0. The van der Waals surface area contributed by atoms with E-state index < -0.39 is 35.3 Å². The minimum atomic E-state index is -0.969. The van der Waals surface area contributed by atoms with Crippen LogP contribution in [0.25, 0.3) is 0 Å². The van der Waals surface area contributed by atoms with E-state index in [1.165, 1.54) is 7.11 Å². The standard InChI is InChI=1S/C26H34N2O8/c1-26(2,3)36-23(29)15-19(25(31)28-32)14-20(16-34-17-33-4)27-24(30)18-10-12-22(13-11-18)35-21-8-6-5-7-9-21/h5-13,19-20,32H,14-17H2,1-4H3,(H,27,30)(H,28,31). The number of carbonyl (C=O) groups excluding carboxylic acids is 3. The van der Waals surface area contributed by atoms with Gasteiger partial charge in [-0.2, -0.15) is 0 Å². The number of methoxy groups -OCH3 is 1. The van der Waals surface area contributed by atoms with Crippen molar-refractivity contribution < 1.29 is 38.5 Å². The number of rotatable bonds is 13. The number of esters is 1. The summed E-state index contributed by atoms with van der Waals surface area (Å²) in [6, 6.07) is 15.1. The van der Waals surface area contributed by atoms with Gasteiger partial charge in [0.15, 0.2) is 0 Å². The van der Waals surface area contributed by atoms with E-state index in [4.69, 9.17) is 24.2 Å². The third-order valence-corrected chi connectivity index (χ3v) is 4.83. The first-order valence-corrected chi connectivity index (χ1v) is 11.5. The van der Waals surface area contributed by atoms with E-state index in [1.807, 2.05) is 30.3 Å². The molecule has 0 saturated carbocycles. The van der Waals surface area contributed by atoms with Gasteiger partial charge in [0.25, 0.3) is 5.91 Å². The summed E-state index contributed by atoms with van der Waals surface area (Å²) < 4.78 is 21.3. The second kappa shape index (κ2) is 14.2. The van der Waals surface area contributed by atoms with E-state index in [1.54, 1.807) is 50.5 Å². The zero-order chi connectivity index (χ0) is 26.6. The highest BCUT2D eigenvalue weighted by molar-refractivity contribution is 5.94. The lowest BCUT2D eigenvalue weighted by atomic mass is 9.95. The molecule has 10 nitrogen and oxygen atoms in total.